The Kier molecular flexibility index (Phi) is 3.83. The van der Waals surface area contributed by atoms with Gasteiger partial charge in [0.25, 0.3) is 0 Å². The van der Waals surface area contributed by atoms with Crippen LogP contribution in [0.15, 0.2) is 35.2 Å². The van der Waals surface area contributed by atoms with Crippen molar-refractivity contribution in [3.8, 4) is 0 Å². The number of rotatable bonds is 4. The number of benzene rings is 1. The van der Waals surface area contributed by atoms with Gasteiger partial charge in [0.15, 0.2) is 0 Å². The van der Waals surface area contributed by atoms with Gasteiger partial charge in [0.2, 0.25) is 0 Å². The molecular formula is C7H9O5PS. The molecular weight excluding hydrogens is 227 g/mol. The van der Waals surface area contributed by atoms with Crippen molar-refractivity contribution in [2.45, 2.75) is 4.90 Å². The molecule has 0 fully saturated rings. The summed E-state index contributed by atoms with van der Waals surface area (Å²) in [6.07, 6.45) is 0. The zero-order valence-corrected chi connectivity index (χ0v) is 9.15. The van der Waals surface area contributed by atoms with E-state index in [0.29, 0.717) is 0 Å². The molecule has 0 heterocycles. The Bertz CT molecular complexity index is 413. The van der Waals surface area contributed by atoms with Gasteiger partial charge in [0.05, 0.1) is 4.90 Å². The Labute approximate surface area is 82.7 Å². The standard InChI is InChI=1S/C7H9O5PS/c1-11-13(8)12-14(9,10)7-5-3-2-4-6-7/h2-6,13H,1H3. The molecule has 0 aromatic heterocycles. The smallest absolute Gasteiger partial charge is 0.313 e. The molecule has 1 aromatic rings. The zero-order valence-electron chi connectivity index (χ0n) is 7.34. The van der Waals surface area contributed by atoms with Crippen LogP contribution in [0.5, 0.6) is 0 Å². The third kappa shape index (κ3) is 2.92. The fourth-order valence-corrected chi connectivity index (χ4v) is 2.62. The molecule has 0 spiro atoms. The maximum atomic E-state index is 11.3. The van der Waals surface area contributed by atoms with E-state index in [1.54, 1.807) is 18.2 Å². The average molecular weight is 236 g/mol. The topological polar surface area (TPSA) is 69.7 Å². The van der Waals surface area contributed by atoms with Gasteiger partial charge >= 0.3 is 18.4 Å². The highest BCUT2D eigenvalue weighted by Crippen LogP contribution is 2.28. The van der Waals surface area contributed by atoms with Gasteiger partial charge in [-0.1, -0.05) is 18.2 Å². The predicted molar refractivity (Wildman–Crippen MR) is 50.7 cm³/mol. The Morgan fingerprint density at radius 1 is 1.21 bits per heavy atom. The Hall–Kier alpha value is -0.680. The van der Waals surface area contributed by atoms with Gasteiger partial charge in [-0.25, -0.2) is 0 Å². The van der Waals surface area contributed by atoms with Gasteiger partial charge in [0, 0.05) is 7.11 Å². The van der Waals surface area contributed by atoms with Crippen LogP contribution in [0, 0.1) is 0 Å². The molecule has 0 bridgehead atoms. The molecule has 0 saturated carbocycles. The van der Waals surface area contributed by atoms with Crippen molar-refractivity contribution in [3.63, 3.8) is 0 Å². The third-order valence-electron chi connectivity index (χ3n) is 1.38. The molecule has 0 N–H and O–H groups in total. The molecule has 0 aliphatic rings. The normalized spacial score (nSPS) is 13.8. The highest BCUT2D eigenvalue weighted by Gasteiger charge is 2.17. The maximum Gasteiger partial charge on any atom is 0.333 e. The second-order valence-corrected chi connectivity index (χ2v) is 5.26. The lowest BCUT2D eigenvalue weighted by atomic mass is 10.4. The molecule has 0 radical (unpaired) electrons. The molecule has 7 heteroatoms. The summed E-state index contributed by atoms with van der Waals surface area (Å²) in [7, 11) is -5.82. The second-order valence-electron chi connectivity index (χ2n) is 2.30. The summed E-state index contributed by atoms with van der Waals surface area (Å²) in [5, 5.41) is 0. The summed E-state index contributed by atoms with van der Waals surface area (Å²) in [5.41, 5.74) is 0. The summed E-state index contributed by atoms with van der Waals surface area (Å²) < 4.78 is 41.9. The first kappa shape index (κ1) is 11.4. The molecule has 1 unspecified atom stereocenters. The Balaban J connectivity index is 2.93. The summed E-state index contributed by atoms with van der Waals surface area (Å²) in [6.45, 7) is 0. The average Bonchev–Trinajstić information content (AvgIpc) is 2.18. The van der Waals surface area contributed by atoms with Crippen molar-refractivity contribution in [1.29, 1.82) is 0 Å². The van der Waals surface area contributed by atoms with E-state index in [2.05, 4.69) is 8.49 Å². The first-order valence-electron chi connectivity index (χ1n) is 3.64. The van der Waals surface area contributed by atoms with Crippen LogP contribution >= 0.6 is 8.25 Å². The fraction of sp³-hybridized carbons (Fsp3) is 0.143. The molecule has 1 aromatic carbocycles. The van der Waals surface area contributed by atoms with Crippen LogP contribution in [-0.2, 0) is 23.2 Å². The van der Waals surface area contributed by atoms with Crippen LogP contribution in [-0.4, -0.2) is 15.5 Å². The molecule has 78 valence electrons. The summed E-state index contributed by atoms with van der Waals surface area (Å²) in [4.78, 5) is -0.0459. The van der Waals surface area contributed by atoms with Gasteiger partial charge in [-0.15, -0.1) is 0 Å². The van der Waals surface area contributed by atoms with Gasteiger partial charge < -0.3 is 4.52 Å². The van der Waals surface area contributed by atoms with Gasteiger partial charge in [0.1, 0.15) is 0 Å². The SMILES string of the molecule is CO[PH](=O)OS(=O)(=O)c1ccccc1. The number of hydrogen-bond donors (Lipinski definition) is 0. The van der Waals surface area contributed by atoms with Crippen LogP contribution in [0.1, 0.15) is 0 Å². The fourth-order valence-electron chi connectivity index (χ4n) is 0.759. The van der Waals surface area contributed by atoms with Crippen LogP contribution < -0.4 is 0 Å². The van der Waals surface area contributed by atoms with Crippen LogP contribution in [0.25, 0.3) is 0 Å². The van der Waals surface area contributed by atoms with E-state index in [4.69, 9.17) is 0 Å². The van der Waals surface area contributed by atoms with Crippen LogP contribution in [0.4, 0.5) is 0 Å². The molecule has 0 aliphatic heterocycles. The van der Waals surface area contributed by atoms with Crippen LogP contribution in [0.2, 0.25) is 0 Å². The lowest BCUT2D eigenvalue weighted by Crippen LogP contribution is -2.01. The minimum atomic E-state index is -3.96. The summed E-state index contributed by atoms with van der Waals surface area (Å²) in [5.74, 6) is 0. The van der Waals surface area contributed by atoms with Gasteiger partial charge in [-0.3, -0.25) is 4.57 Å². The lowest BCUT2D eigenvalue weighted by molar-refractivity contribution is 0.348. The summed E-state index contributed by atoms with van der Waals surface area (Å²) >= 11 is 0. The van der Waals surface area contributed by atoms with E-state index in [1.165, 1.54) is 12.1 Å². The Morgan fingerprint density at radius 2 is 1.79 bits per heavy atom. The zero-order chi connectivity index (χ0) is 10.6. The molecule has 1 rings (SSSR count). The quantitative estimate of drug-likeness (QED) is 0.739. The predicted octanol–water partition coefficient (Wildman–Crippen LogP) is 1.43. The summed E-state index contributed by atoms with van der Waals surface area (Å²) in [6, 6.07) is 7.44. The molecule has 1 atom stereocenters. The van der Waals surface area contributed by atoms with E-state index < -0.39 is 18.4 Å². The van der Waals surface area contributed by atoms with Crippen molar-refractivity contribution >= 4 is 18.4 Å². The van der Waals surface area contributed by atoms with E-state index in [9.17, 15) is 13.0 Å². The van der Waals surface area contributed by atoms with Crippen molar-refractivity contribution in [3.05, 3.63) is 30.3 Å². The minimum absolute atomic E-state index is 0.0459. The highest BCUT2D eigenvalue weighted by atomic mass is 32.2. The van der Waals surface area contributed by atoms with E-state index in [-0.39, 0.29) is 4.90 Å². The van der Waals surface area contributed by atoms with Crippen molar-refractivity contribution in [2.75, 3.05) is 7.11 Å². The second kappa shape index (κ2) is 4.70. The van der Waals surface area contributed by atoms with Crippen molar-refractivity contribution in [2.24, 2.45) is 0 Å². The first-order chi connectivity index (χ1) is 6.56. The molecule has 14 heavy (non-hydrogen) atoms. The number of hydrogen-bond acceptors (Lipinski definition) is 5. The van der Waals surface area contributed by atoms with E-state index in [1.807, 2.05) is 0 Å². The van der Waals surface area contributed by atoms with E-state index in [0.717, 1.165) is 7.11 Å². The molecule has 5 nitrogen and oxygen atoms in total. The third-order valence-corrected chi connectivity index (χ3v) is 3.98. The van der Waals surface area contributed by atoms with E-state index >= 15 is 0 Å². The lowest BCUT2D eigenvalue weighted by Gasteiger charge is -2.02. The van der Waals surface area contributed by atoms with Crippen molar-refractivity contribution in [1.82, 2.24) is 0 Å². The minimum Gasteiger partial charge on any atom is -0.313 e. The largest absolute Gasteiger partial charge is 0.333 e. The molecule has 0 aliphatic carbocycles. The Morgan fingerprint density at radius 3 is 2.29 bits per heavy atom. The molecule has 0 amide bonds. The molecule has 0 saturated heterocycles. The monoisotopic (exact) mass is 236 g/mol. The van der Waals surface area contributed by atoms with Gasteiger partial charge in [-0.2, -0.15) is 12.4 Å². The maximum absolute atomic E-state index is 11.3. The van der Waals surface area contributed by atoms with Crippen molar-refractivity contribution < 1.29 is 21.5 Å². The highest BCUT2D eigenvalue weighted by molar-refractivity contribution is 7.89. The van der Waals surface area contributed by atoms with Gasteiger partial charge in [-0.05, 0) is 12.1 Å². The first-order valence-corrected chi connectivity index (χ1v) is 6.27. The van der Waals surface area contributed by atoms with Crippen LogP contribution in [0.3, 0.4) is 0 Å².